The molecule has 2 N–H and O–H groups in total. The van der Waals surface area contributed by atoms with E-state index < -0.39 is 15.7 Å². The fourth-order valence-corrected chi connectivity index (χ4v) is 5.56. The van der Waals surface area contributed by atoms with Crippen molar-refractivity contribution in [1.29, 1.82) is 0 Å². The molecule has 26 heavy (non-hydrogen) atoms. The standard InChI is InChI=1S/C19H26FN3O2S/c1-4-22-11-5-6-16(22)12-23-14(3)13(2)18(19(23)21)26(24,25)17-9-7-15(20)8-10-17/h7-10,16H,4-6,11-12,21H2,1-3H3/t16-/m1/s1. The first kappa shape index (κ1) is 18.9. The number of nitrogens with zero attached hydrogens (tertiary/aromatic N) is 2. The van der Waals surface area contributed by atoms with Gasteiger partial charge in [0.05, 0.1) is 4.90 Å². The molecule has 2 aromatic rings. The Hall–Kier alpha value is -1.86. The summed E-state index contributed by atoms with van der Waals surface area (Å²) >= 11 is 0. The van der Waals surface area contributed by atoms with Gasteiger partial charge in [-0.1, -0.05) is 6.92 Å². The minimum atomic E-state index is -3.80. The zero-order valence-electron chi connectivity index (χ0n) is 15.5. The topological polar surface area (TPSA) is 68.3 Å². The number of halogens is 1. The van der Waals surface area contributed by atoms with E-state index in [9.17, 15) is 12.8 Å². The summed E-state index contributed by atoms with van der Waals surface area (Å²) in [7, 11) is -3.80. The molecule has 1 fully saturated rings. The lowest BCUT2D eigenvalue weighted by Gasteiger charge is -2.24. The molecule has 0 radical (unpaired) electrons. The van der Waals surface area contributed by atoms with Gasteiger partial charge in [-0.2, -0.15) is 0 Å². The molecule has 0 saturated carbocycles. The van der Waals surface area contributed by atoms with Gasteiger partial charge in [0.2, 0.25) is 9.84 Å². The number of likely N-dealkylation sites (tertiary alicyclic amines) is 1. The Balaban J connectivity index is 2.03. The lowest BCUT2D eigenvalue weighted by atomic mass is 10.2. The van der Waals surface area contributed by atoms with E-state index in [0.717, 1.165) is 43.8 Å². The van der Waals surface area contributed by atoms with E-state index >= 15 is 0 Å². The van der Waals surface area contributed by atoms with Gasteiger partial charge in [0, 0.05) is 18.3 Å². The van der Waals surface area contributed by atoms with Gasteiger partial charge in [-0.3, -0.25) is 4.90 Å². The van der Waals surface area contributed by atoms with Crippen molar-refractivity contribution in [2.24, 2.45) is 0 Å². The highest BCUT2D eigenvalue weighted by Gasteiger charge is 2.30. The van der Waals surface area contributed by atoms with Crippen molar-refractivity contribution in [2.45, 2.75) is 56.0 Å². The highest BCUT2D eigenvalue weighted by Crippen LogP contribution is 2.34. The van der Waals surface area contributed by atoms with Gasteiger partial charge in [-0.05, 0) is 69.6 Å². The maximum atomic E-state index is 13.2. The van der Waals surface area contributed by atoms with Crippen LogP contribution < -0.4 is 5.73 Å². The summed E-state index contributed by atoms with van der Waals surface area (Å²) in [6, 6.07) is 5.24. The van der Waals surface area contributed by atoms with Crippen molar-refractivity contribution >= 4 is 15.7 Å². The van der Waals surface area contributed by atoms with Crippen LogP contribution >= 0.6 is 0 Å². The number of aromatic nitrogens is 1. The fourth-order valence-electron chi connectivity index (χ4n) is 3.90. The monoisotopic (exact) mass is 379 g/mol. The molecule has 0 amide bonds. The molecule has 0 spiro atoms. The molecule has 1 aliphatic heterocycles. The number of nitrogen functional groups attached to an aromatic ring is 1. The first-order valence-electron chi connectivity index (χ1n) is 8.97. The second-order valence-corrected chi connectivity index (χ2v) is 8.80. The summed E-state index contributed by atoms with van der Waals surface area (Å²) in [6.07, 6.45) is 2.24. The third kappa shape index (κ3) is 3.14. The fraction of sp³-hybridized carbons (Fsp3) is 0.474. The van der Waals surface area contributed by atoms with Gasteiger partial charge in [0.25, 0.3) is 0 Å². The maximum Gasteiger partial charge on any atom is 0.210 e. The third-order valence-corrected chi connectivity index (χ3v) is 7.45. The van der Waals surface area contributed by atoms with E-state index in [-0.39, 0.29) is 15.6 Å². The smallest absolute Gasteiger partial charge is 0.210 e. The Morgan fingerprint density at radius 2 is 1.88 bits per heavy atom. The van der Waals surface area contributed by atoms with E-state index in [0.29, 0.717) is 18.2 Å². The summed E-state index contributed by atoms with van der Waals surface area (Å²) in [4.78, 5) is 2.60. The average Bonchev–Trinajstić information content (AvgIpc) is 3.13. The van der Waals surface area contributed by atoms with Crippen LogP contribution in [0.5, 0.6) is 0 Å². The first-order chi connectivity index (χ1) is 12.3. The van der Waals surface area contributed by atoms with Crippen LogP contribution in [0.2, 0.25) is 0 Å². The number of hydrogen-bond donors (Lipinski definition) is 1. The zero-order valence-corrected chi connectivity index (χ0v) is 16.3. The van der Waals surface area contributed by atoms with Crippen LogP contribution in [0.1, 0.15) is 31.0 Å². The van der Waals surface area contributed by atoms with Gasteiger partial charge >= 0.3 is 0 Å². The predicted molar refractivity (Wildman–Crippen MR) is 100 cm³/mol. The molecular weight excluding hydrogens is 353 g/mol. The number of anilines is 1. The molecule has 0 unspecified atom stereocenters. The van der Waals surface area contributed by atoms with E-state index in [1.165, 1.54) is 12.1 Å². The van der Waals surface area contributed by atoms with Crippen LogP contribution in [0.25, 0.3) is 0 Å². The molecule has 3 rings (SSSR count). The van der Waals surface area contributed by atoms with E-state index in [2.05, 4.69) is 11.8 Å². The van der Waals surface area contributed by atoms with Gasteiger partial charge in [0.1, 0.15) is 16.5 Å². The molecule has 5 nitrogen and oxygen atoms in total. The Morgan fingerprint density at radius 1 is 1.23 bits per heavy atom. The second kappa shape index (κ2) is 7.04. The number of hydrogen-bond acceptors (Lipinski definition) is 4. The van der Waals surface area contributed by atoms with Crippen molar-refractivity contribution in [3.63, 3.8) is 0 Å². The lowest BCUT2D eigenvalue weighted by molar-refractivity contribution is 0.244. The van der Waals surface area contributed by atoms with Crippen molar-refractivity contribution in [3.8, 4) is 0 Å². The maximum absolute atomic E-state index is 13.2. The predicted octanol–water partition coefficient (Wildman–Crippen LogP) is 3.14. The summed E-state index contributed by atoms with van der Waals surface area (Å²) in [5.74, 6) is -0.199. The van der Waals surface area contributed by atoms with E-state index in [4.69, 9.17) is 5.73 Å². The number of rotatable bonds is 5. The summed E-state index contributed by atoms with van der Waals surface area (Å²) in [6.45, 7) is 8.56. The Labute approximate surface area is 154 Å². The molecule has 1 aliphatic rings. The van der Waals surface area contributed by atoms with Crippen molar-refractivity contribution in [3.05, 3.63) is 41.3 Å². The lowest BCUT2D eigenvalue weighted by Crippen LogP contribution is -2.33. The second-order valence-electron chi connectivity index (χ2n) is 6.92. The first-order valence-corrected chi connectivity index (χ1v) is 10.5. The Morgan fingerprint density at radius 3 is 2.50 bits per heavy atom. The number of nitrogens with two attached hydrogens (primary N) is 1. The molecule has 1 aromatic heterocycles. The summed E-state index contributed by atoms with van der Waals surface area (Å²) in [5, 5.41) is 0. The van der Waals surface area contributed by atoms with Gasteiger partial charge in [0.15, 0.2) is 0 Å². The van der Waals surface area contributed by atoms with Crippen LogP contribution in [0, 0.1) is 19.7 Å². The number of sulfone groups is 1. The van der Waals surface area contributed by atoms with Gasteiger partial charge in [-0.25, -0.2) is 12.8 Å². The summed E-state index contributed by atoms with van der Waals surface area (Å²) in [5.41, 5.74) is 7.84. The van der Waals surface area contributed by atoms with Gasteiger partial charge in [-0.15, -0.1) is 0 Å². The van der Waals surface area contributed by atoms with Crippen LogP contribution in [-0.2, 0) is 16.4 Å². The van der Waals surface area contributed by atoms with E-state index in [1.807, 2.05) is 11.5 Å². The largest absolute Gasteiger partial charge is 0.384 e. The van der Waals surface area contributed by atoms with E-state index in [1.54, 1.807) is 6.92 Å². The Bertz CT molecular complexity index is 904. The molecule has 1 saturated heterocycles. The SMILES string of the molecule is CCN1CCC[C@@H]1Cn1c(C)c(C)c(S(=O)(=O)c2ccc(F)cc2)c1N. The average molecular weight is 380 g/mol. The quantitative estimate of drug-likeness (QED) is 0.811. The Kier molecular flexibility index (Phi) is 5.12. The van der Waals surface area contributed by atoms with Crippen LogP contribution in [0.3, 0.4) is 0 Å². The number of benzene rings is 1. The highest BCUT2D eigenvalue weighted by atomic mass is 32.2. The molecular formula is C19H26FN3O2S. The molecule has 0 aliphatic carbocycles. The molecule has 1 aromatic carbocycles. The highest BCUT2D eigenvalue weighted by molar-refractivity contribution is 7.91. The van der Waals surface area contributed by atoms with Crippen molar-refractivity contribution in [2.75, 3.05) is 18.8 Å². The van der Waals surface area contributed by atoms with Crippen LogP contribution in [-0.4, -0.2) is 37.0 Å². The normalized spacial score (nSPS) is 18.5. The van der Waals surface area contributed by atoms with Crippen molar-refractivity contribution in [1.82, 2.24) is 9.47 Å². The van der Waals surface area contributed by atoms with Crippen LogP contribution in [0.4, 0.5) is 10.2 Å². The zero-order chi connectivity index (χ0) is 19.1. The third-order valence-electron chi connectivity index (χ3n) is 5.50. The number of likely N-dealkylation sites (N-methyl/N-ethyl adjacent to an activating group) is 1. The molecule has 0 bridgehead atoms. The molecule has 7 heteroatoms. The minimum absolute atomic E-state index is 0.0573. The van der Waals surface area contributed by atoms with Crippen molar-refractivity contribution < 1.29 is 12.8 Å². The minimum Gasteiger partial charge on any atom is -0.384 e. The van der Waals surface area contributed by atoms with Gasteiger partial charge < -0.3 is 10.3 Å². The molecule has 142 valence electrons. The molecule has 2 heterocycles. The summed E-state index contributed by atoms with van der Waals surface area (Å²) < 4.78 is 41.3. The molecule has 1 atom stereocenters. The van der Waals surface area contributed by atoms with Crippen LogP contribution in [0.15, 0.2) is 34.1 Å².